The minimum absolute atomic E-state index is 0.192. The Balaban J connectivity index is 2.05. The number of unbranched alkanes of at least 4 members (excludes halogenated alkanes) is 2. The summed E-state index contributed by atoms with van der Waals surface area (Å²) < 4.78 is 5.58. The van der Waals surface area contributed by atoms with Crippen molar-refractivity contribution in [3.05, 3.63) is 34.5 Å². The highest BCUT2D eigenvalue weighted by atomic mass is 35.5. The van der Waals surface area contributed by atoms with E-state index >= 15 is 0 Å². The van der Waals surface area contributed by atoms with Gasteiger partial charge in [-0.15, -0.1) is 0 Å². The summed E-state index contributed by atoms with van der Waals surface area (Å²) in [6, 6.07) is 5.31. The quantitative estimate of drug-likeness (QED) is 0.804. The maximum Gasteiger partial charge on any atom is 0.287 e. The van der Waals surface area contributed by atoms with Gasteiger partial charge in [0.2, 0.25) is 0 Å². The number of halogens is 1. The van der Waals surface area contributed by atoms with Gasteiger partial charge in [-0.1, -0.05) is 11.6 Å². The fourth-order valence-electron chi connectivity index (χ4n) is 2.11. The smallest absolute Gasteiger partial charge is 0.287 e. The van der Waals surface area contributed by atoms with Gasteiger partial charge < -0.3 is 14.8 Å². The van der Waals surface area contributed by atoms with E-state index < -0.39 is 0 Å². The molecule has 2 aromatic rings. The fourth-order valence-corrected chi connectivity index (χ4v) is 2.28. The van der Waals surface area contributed by atoms with Crippen LogP contribution in [-0.2, 0) is 0 Å². The standard InChI is InChI=1S/C15H18ClNO3/c1-10-12-9-11(16)5-6-13(12)20-14(10)15(19)17-7-3-2-4-8-18/h5-6,9,18H,2-4,7-8H2,1H3,(H,17,19). The third-order valence-corrected chi connectivity index (χ3v) is 3.46. The third kappa shape index (κ3) is 3.32. The Kier molecular flexibility index (Phi) is 5.04. The number of carbonyl (C=O) groups excluding carboxylic acids is 1. The van der Waals surface area contributed by atoms with Crippen LogP contribution in [0.4, 0.5) is 0 Å². The van der Waals surface area contributed by atoms with E-state index in [9.17, 15) is 4.79 Å². The lowest BCUT2D eigenvalue weighted by molar-refractivity contribution is 0.0926. The molecular weight excluding hydrogens is 278 g/mol. The first-order valence-electron chi connectivity index (χ1n) is 6.71. The molecule has 0 aliphatic carbocycles. The van der Waals surface area contributed by atoms with E-state index in [1.807, 2.05) is 6.92 Å². The molecule has 0 aliphatic heterocycles. The molecule has 2 N–H and O–H groups in total. The van der Waals surface area contributed by atoms with Gasteiger partial charge in [-0.25, -0.2) is 0 Å². The lowest BCUT2D eigenvalue weighted by atomic mass is 10.1. The molecule has 0 unspecified atom stereocenters. The molecule has 0 saturated heterocycles. The van der Waals surface area contributed by atoms with E-state index in [1.165, 1.54) is 0 Å². The highest BCUT2D eigenvalue weighted by Crippen LogP contribution is 2.27. The zero-order chi connectivity index (χ0) is 14.5. The van der Waals surface area contributed by atoms with Crippen LogP contribution < -0.4 is 5.32 Å². The molecule has 1 amide bonds. The minimum Gasteiger partial charge on any atom is -0.451 e. The van der Waals surface area contributed by atoms with E-state index in [0.717, 1.165) is 30.2 Å². The Bertz CT molecular complexity index is 606. The highest BCUT2D eigenvalue weighted by molar-refractivity contribution is 6.31. The summed E-state index contributed by atoms with van der Waals surface area (Å²) in [5.41, 5.74) is 1.47. The van der Waals surface area contributed by atoms with Crippen LogP contribution in [0.15, 0.2) is 22.6 Å². The van der Waals surface area contributed by atoms with Crippen LogP contribution in [0.3, 0.4) is 0 Å². The maximum atomic E-state index is 12.1. The van der Waals surface area contributed by atoms with Crippen LogP contribution in [0.25, 0.3) is 11.0 Å². The summed E-state index contributed by atoms with van der Waals surface area (Å²) >= 11 is 5.95. The van der Waals surface area contributed by atoms with Crippen molar-refractivity contribution in [1.82, 2.24) is 5.32 Å². The van der Waals surface area contributed by atoms with Crippen LogP contribution in [-0.4, -0.2) is 24.2 Å². The van der Waals surface area contributed by atoms with E-state index in [1.54, 1.807) is 18.2 Å². The predicted octanol–water partition coefficient (Wildman–Crippen LogP) is 3.29. The fraction of sp³-hybridized carbons (Fsp3) is 0.400. The first kappa shape index (κ1) is 14.9. The summed E-state index contributed by atoms with van der Waals surface area (Å²) in [5, 5.41) is 13.0. The van der Waals surface area contributed by atoms with Crippen molar-refractivity contribution in [1.29, 1.82) is 0 Å². The molecule has 108 valence electrons. The van der Waals surface area contributed by atoms with E-state index in [-0.39, 0.29) is 12.5 Å². The zero-order valence-electron chi connectivity index (χ0n) is 11.4. The first-order chi connectivity index (χ1) is 9.63. The first-order valence-corrected chi connectivity index (χ1v) is 7.09. The Labute approximate surface area is 122 Å². The molecule has 0 atom stereocenters. The second-order valence-corrected chi connectivity index (χ2v) is 5.17. The topological polar surface area (TPSA) is 62.5 Å². The number of furan rings is 1. The average molecular weight is 296 g/mol. The van der Waals surface area contributed by atoms with Gasteiger partial charge >= 0.3 is 0 Å². The van der Waals surface area contributed by atoms with Crippen molar-refractivity contribution in [2.45, 2.75) is 26.2 Å². The summed E-state index contributed by atoms with van der Waals surface area (Å²) in [4.78, 5) is 12.1. The lowest BCUT2D eigenvalue weighted by Crippen LogP contribution is -2.24. The number of aryl methyl sites for hydroxylation is 1. The van der Waals surface area contributed by atoms with Crippen molar-refractivity contribution >= 4 is 28.5 Å². The van der Waals surface area contributed by atoms with E-state index in [0.29, 0.717) is 22.9 Å². The molecule has 2 rings (SSSR count). The van der Waals surface area contributed by atoms with Gasteiger partial charge in [0.05, 0.1) is 0 Å². The molecule has 1 heterocycles. The molecule has 4 nitrogen and oxygen atoms in total. The number of hydrogen-bond acceptors (Lipinski definition) is 3. The summed E-state index contributed by atoms with van der Waals surface area (Å²) in [6.07, 6.45) is 2.50. The predicted molar refractivity (Wildman–Crippen MR) is 79.2 cm³/mol. The summed E-state index contributed by atoms with van der Waals surface area (Å²) in [6.45, 7) is 2.62. The monoisotopic (exact) mass is 295 g/mol. The van der Waals surface area contributed by atoms with Crippen LogP contribution in [0.1, 0.15) is 35.4 Å². The molecule has 0 radical (unpaired) electrons. The normalized spacial score (nSPS) is 10.9. The number of hydrogen-bond donors (Lipinski definition) is 2. The number of amides is 1. The highest BCUT2D eigenvalue weighted by Gasteiger charge is 2.17. The van der Waals surface area contributed by atoms with E-state index in [4.69, 9.17) is 21.1 Å². The summed E-state index contributed by atoms with van der Waals surface area (Å²) in [7, 11) is 0. The maximum absolute atomic E-state index is 12.1. The number of rotatable bonds is 6. The van der Waals surface area contributed by atoms with Crippen molar-refractivity contribution in [2.75, 3.05) is 13.2 Å². The Morgan fingerprint density at radius 3 is 2.90 bits per heavy atom. The van der Waals surface area contributed by atoms with Gasteiger partial charge in [-0.05, 0) is 44.4 Å². The van der Waals surface area contributed by atoms with Crippen LogP contribution >= 0.6 is 11.6 Å². The number of nitrogens with one attached hydrogen (secondary N) is 1. The second kappa shape index (κ2) is 6.77. The molecule has 1 aromatic carbocycles. The molecule has 0 aliphatic rings. The number of aliphatic hydroxyl groups is 1. The van der Waals surface area contributed by atoms with Crippen molar-refractivity contribution in [2.24, 2.45) is 0 Å². The third-order valence-electron chi connectivity index (χ3n) is 3.22. The molecule has 0 bridgehead atoms. The minimum atomic E-state index is -0.209. The molecular formula is C15H18ClNO3. The largest absolute Gasteiger partial charge is 0.451 e. The number of aliphatic hydroxyl groups excluding tert-OH is 1. The van der Waals surface area contributed by atoms with E-state index in [2.05, 4.69) is 5.32 Å². The van der Waals surface area contributed by atoms with Gasteiger partial charge in [0.25, 0.3) is 5.91 Å². The Morgan fingerprint density at radius 1 is 1.35 bits per heavy atom. The van der Waals surface area contributed by atoms with Gasteiger partial charge in [0, 0.05) is 29.1 Å². The molecule has 1 aromatic heterocycles. The number of carbonyl (C=O) groups is 1. The SMILES string of the molecule is Cc1c(C(=O)NCCCCCO)oc2ccc(Cl)cc12. The number of fused-ring (bicyclic) bond motifs is 1. The van der Waals surface area contributed by atoms with Crippen molar-refractivity contribution < 1.29 is 14.3 Å². The zero-order valence-corrected chi connectivity index (χ0v) is 12.2. The molecule has 5 heteroatoms. The second-order valence-electron chi connectivity index (χ2n) is 4.74. The van der Waals surface area contributed by atoms with Crippen molar-refractivity contribution in [3.8, 4) is 0 Å². The van der Waals surface area contributed by atoms with Crippen LogP contribution in [0.5, 0.6) is 0 Å². The molecule has 0 fully saturated rings. The molecule has 0 saturated carbocycles. The average Bonchev–Trinajstić information content (AvgIpc) is 2.76. The van der Waals surface area contributed by atoms with Gasteiger partial charge in [-0.2, -0.15) is 0 Å². The lowest BCUT2D eigenvalue weighted by Gasteiger charge is -2.03. The molecule has 20 heavy (non-hydrogen) atoms. The van der Waals surface area contributed by atoms with Gasteiger partial charge in [-0.3, -0.25) is 4.79 Å². The van der Waals surface area contributed by atoms with Crippen molar-refractivity contribution in [3.63, 3.8) is 0 Å². The van der Waals surface area contributed by atoms with Crippen LogP contribution in [0.2, 0.25) is 5.02 Å². The van der Waals surface area contributed by atoms with Crippen LogP contribution in [0, 0.1) is 6.92 Å². The summed E-state index contributed by atoms with van der Waals surface area (Å²) in [5.74, 6) is 0.128. The van der Waals surface area contributed by atoms with Gasteiger partial charge in [0.15, 0.2) is 5.76 Å². The molecule has 0 spiro atoms. The Hall–Kier alpha value is -1.52. The Morgan fingerprint density at radius 2 is 2.15 bits per heavy atom. The number of benzene rings is 1. The van der Waals surface area contributed by atoms with Gasteiger partial charge in [0.1, 0.15) is 5.58 Å².